The molecular formula is C12H17BrN4O2. The molecule has 0 aliphatic heterocycles. The Balaban J connectivity index is 1.86. The SMILES string of the molecule is COCC(O)CCNCc1cnc2cnc(Br)cn12. The van der Waals surface area contributed by atoms with Crippen LogP contribution in [0.5, 0.6) is 0 Å². The van der Waals surface area contributed by atoms with Crippen molar-refractivity contribution in [1.82, 2.24) is 19.7 Å². The Kier molecular flexibility index (Phi) is 5.26. The number of hydrogen-bond donors (Lipinski definition) is 2. The molecule has 0 spiro atoms. The molecule has 19 heavy (non-hydrogen) atoms. The molecule has 0 aliphatic carbocycles. The van der Waals surface area contributed by atoms with Gasteiger partial charge in [-0.1, -0.05) is 0 Å². The van der Waals surface area contributed by atoms with Gasteiger partial charge in [0.1, 0.15) is 4.60 Å². The summed E-state index contributed by atoms with van der Waals surface area (Å²) in [5, 5.41) is 12.8. The third-order valence-electron chi connectivity index (χ3n) is 2.76. The molecule has 1 unspecified atom stereocenters. The van der Waals surface area contributed by atoms with E-state index >= 15 is 0 Å². The maximum atomic E-state index is 9.52. The first-order valence-electron chi connectivity index (χ1n) is 6.06. The highest BCUT2D eigenvalue weighted by Gasteiger charge is 2.05. The number of hydrogen-bond acceptors (Lipinski definition) is 5. The number of rotatable bonds is 7. The molecule has 2 heterocycles. The molecule has 0 aliphatic rings. The van der Waals surface area contributed by atoms with Crippen LogP contribution in [0.4, 0.5) is 0 Å². The van der Waals surface area contributed by atoms with E-state index in [2.05, 4.69) is 31.2 Å². The molecule has 0 saturated heterocycles. The smallest absolute Gasteiger partial charge is 0.155 e. The maximum absolute atomic E-state index is 9.52. The molecule has 2 N–H and O–H groups in total. The number of nitrogens with zero attached hydrogens (tertiary/aromatic N) is 3. The molecule has 104 valence electrons. The van der Waals surface area contributed by atoms with Crippen LogP contribution in [-0.2, 0) is 11.3 Å². The Morgan fingerprint density at radius 2 is 2.32 bits per heavy atom. The van der Waals surface area contributed by atoms with E-state index in [1.165, 1.54) is 0 Å². The number of nitrogens with one attached hydrogen (secondary N) is 1. The minimum absolute atomic E-state index is 0.371. The van der Waals surface area contributed by atoms with Crippen molar-refractivity contribution in [3.05, 3.63) is 28.9 Å². The zero-order valence-corrected chi connectivity index (χ0v) is 12.3. The van der Waals surface area contributed by atoms with Crippen molar-refractivity contribution < 1.29 is 9.84 Å². The highest BCUT2D eigenvalue weighted by Crippen LogP contribution is 2.10. The third-order valence-corrected chi connectivity index (χ3v) is 3.17. The largest absolute Gasteiger partial charge is 0.391 e. The van der Waals surface area contributed by atoms with E-state index in [4.69, 9.17) is 4.74 Å². The van der Waals surface area contributed by atoms with Gasteiger partial charge in [-0.15, -0.1) is 0 Å². The summed E-state index contributed by atoms with van der Waals surface area (Å²) in [6.45, 7) is 1.79. The number of halogens is 1. The highest BCUT2D eigenvalue weighted by atomic mass is 79.9. The second kappa shape index (κ2) is 6.95. The fourth-order valence-electron chi connectivity index (χ4n) is 1.81. The molecule has 1 atom stereocenters. The van der Waals surface area contributed by atoms with Crippen molar-refractivity contribution in [1.29, 1.82) is 0 Å². The van der Waals surface area contributed by atoms with Gasteiger partial charge in [0.2, 0.25) is 0 Å². The number of imidazole rings is 1. The molecule has 2 rings (SSSR count). The van der Waals surface area contributed by atoms with E-state index in [-0.39, 0.29) is 0 Å². The van der Waals surface area contributed by atoms with Crippen LogP contribution in [0.15, 0.2) is 23.2 Å². The first kappa shape index (κ1) is 14.4. The van der Waals surface area contributed by atoms with Crippen molar-refractivity contribution in [3.8, 4) is 0 Å². The summed E-state index contributed by atoms with van der Waals surface area (Å²) in [5.74, 6) is 0. The summed E-state index contributed by atoms with van der Waals surface area (Å²) in [6.07, 6.45) is 5.67. The lowest BCUT2D eigenvalue weighted by atomic mass is 10.2. The topological polar surface area (TPSA) is 71.7 Å². The molecule has 0 bridgehead atoms. The fraction of sp³-hybridized carbons (Fsp3) is 0.500. The van der Waals surface area contributed by atoms with Gasteiger partial charge < -0.3 is 15.2 Å². The molecule has 2 aromatic rings. The molecule has 7 heteroatoms. The van der Waals surface area contributed by atoms with E-state index in [0.717, 1.165) is 22.5 Å². The van der Waals surface area contributed by atoms with Crippen molar-refractivity contribution in [2.45, 2.75) is 19.1 Å². The number of methoxy groups -OCH3 is 1. The molecule has 0 radical (unpaired) electrons. The predicted molar refractivity (Wildman–Crippen MR) is 74.9 cm³/mol. The molecule has 6 nitrogen and oxygen atoms in total. The van der Waals surface area contributed by atoms with Crippen LogP contribution in [0, 0.1) is 0 Å². The lowest BCUT2D eigenvalue weighted by Crippen LogP contribution is -2.23. The monoisotopic (exact) mass is 328 g/mol. The van der Waals surface area contributed by atoms with Crippen LogP contribution in [-0.4, -0.2) is 45.8 Å². The number of fused-ring (bicyclic) bond motifs is 1. The van der Waals surface area contributed by atoms with Crippen LogP contribution in [0.25, 0.3) is 5.65 Å². The van der Waals surface area contributed by atoms with Gasteiger partial charge in [-0.3, -0.25) is 4.40 Å². The zero-order valence-electron chi connectivity index (χ0n) is 10.7. The van der Waals surface area contributed by atoms with Gasteiger partial charge in [0.05, 0.1) is 30.8 Å². The summed E-state index contributed by atoms with van der Waals surface area (Å²) in [5.41, 5.74) is 1.87. The lowest BCUT2D eigenvalue weighted by molar-refractivity contribution is 0.0594. The summed E-state index contributed by atoms with van der Waals surface area (Å²) >= 11 is 3.34. The van der Waals surface area contributed by atoms with Gasteiger partial charge in [-0.2, -0.15) is 0 Å². The summed E-state index contributed by atoms with van der Waals surface area (Å²) < 4.78 is 7.63. The summed E-state index contributed by atoms with van der Waals surface area (Å²) in [7, 11) is 1.58. The second-order valence-corrected chi connectivity index (χ2v) is 5.07. The minimum atomic E-state index is -0.418. The Labute approximate surface area is 120 Å². The minimum Gasteiger partial charge on any atom is -0.391 e. The third kappa shape index (κ3) is 3.97. The maximum Gasteiger partial charge on any atom is 0.155 e. The van der Waals surface area contributed by atoms with Crippen molar-refractivity contribution in [2.24, 2.45) is 0 Å². The highest BCUT2D eigenvalue weighted by molar-refractivity contribution is 9.10. The van der Waals surface area contributed by atoms with Crippen LogP contribution in [0.2, 0.25) is 0 Å². The second-order valence-electron chi connectivity index (χ2n) is 4.26. The Bertz CT molecular complexity index is 531. The molecule has 0 amide bonds. The zero-order chi connectivity index (χ0) is 13.7. The standard InChI is InChI=1S/C12H17BrN4O2/c1-19-8-10(18)2-3-14-4-9-5-16-12-6-15-11(13)7-17(9)12/h5-7,10,14,18H,2-4,8H2,1H3. The van der Waals surface area contributed by atoms with Crippen molar-refractivity contribution in [3.63, 3.8) is 0 Å². The van der Waals surface area contributed by atoms with E-state index < -0.39 is 6.10 Å². The molecule has 0 aromatic carbocycles. The van der Waals surface area contributed by atoms with E-state index in [9.17, 15) is 5.11 Å². The number of aliphatic hydroxyl groups is 1. The Morgan fingerprint density at radius 3 is 3.11 bits per heavy atom. The van der Waals surface area contributed by atoms with Gasteiger partial charge in [-0.25, -0.2) is 9.97 Å². The fourth-order valence-corrected chi connectivity index (χ4v) is 2.11. The lowest BCUT2D eigenvalue weighted by Gasteiger charge is -2.09. The van der Waals surface area contributed by atoms with Crippen LogP contribution >= 0.6 is 15.9 Å². The van der Waals surface area contributed by atoms with Crippen LogP contribution in [0.3, 0.4) is 0 Å². The van der Waals surface area contributed by atoms with Crippen LogP contribution < -0.4 is 5.32 Å². The molecule has 2 aromatic heterocycles. The quantitative estimate of drug-likeness (QED) is 0.741. The normalized spacial score (nSPS) is 13.0. The molecule has 0 saturated carbocycles. The average molecular weight is 329 g/mol. The van der Waals surface area contributed by atoms with E-state index in [1.54, 1.807) is 13.3 Å². The number of aromatic nitrogens is 3. The van der Waals surface area contributed by atoms with Crippen molar-refractivity contribution in [2.75, 3.05) is 20.3 Å². The molecule has 0 fully saturated rings. The van der Waals surface area contributed by atoms with Gasteiger partial charge in [0.25, 0.3) is 0 Å². The first-order valence-corrected chi connectivity index (χ1v) is 6.85. The number of ether oxygens (including phenoxy) is 1. The average Bonchev–Trinajstić information content (AvgIpc) is 2.77. The molecular weight excluding hydrogens is 312 g/mol. The summed E-state index contributed by atoms with van der Waals surface area (Å²) in [6, 6.07) is 0. The number of aliphatic hydroxyl groups excluding tert-OH is 1. The van der Waals surface area contributed by atoms with Gasteiger partial charge in [0, 0.05) is 19.9 Å². The summed E-state index contributed by atoms with van der Waals surface area (Å²) in [4.78, 5) is 8.40. The van der Waals surface area contributed by atoms with Gasteiger partial charge in [-0.05, 0) is 28.9 Å². The first-order chi connectivity index (χ1) is 9.20. The van der Waals surface area contributed by atoms with E-state index in [1.807, 2.05) is 16.8 Å². The van der Waals surface area contributed by atoms with Crippen molar-refractivity contribution >= 4 is 21.6 Å². The van der Waals surface area contributed by atoms with Gasteiger partial charge >= 0.3 is 0 Å². The van der Waals surface area contributed by atoms with Crippen LogP contribution in [0.1, 0.15) is 12.1 Å². The predicted octanol–water partition coefficient (Wildman–Crippen LogP) is 0.979. The van der Waals surface area contributed by atoms with Gasteiger partial charge in [0.15, 0.2) is 5.65 Å². The Hall–Kier alpha value is -1.02. The van der Waals surface area contributed by atoms with E-state index in [0.29, 0.717) is 19.6 Å². The Morgan fingerprint density at radius 1 is 1.47 bits per heavy atom.